The molecule has 1 aliphatic rings. The summed E-state index contributed by atoms with van der Waals surface area (Å²) in [5, 5.41) is 4.36. The predicted octanol–water partition coefficient (Wildman–Crippen LogP) is 3.73. The summed E-state index contributed by atoms with van der Waals surface area (Å²) in [5.74, 6) is 2.13. The first-order valence-electron chi connectivity index (χ1n) is 11.1. The number of amides is 1. The third kappa shape index (κ3) is 4.74. The lowest BCUT2D eigenvalue weighted by Gasteiger charge is -2.33. The van der Waals surface area contributed by atoms with Crippen LogP contribution < -0.4 is 14.8 Å². The van der Waals surface area contributed by atoms with Crippen LogP contribution in [0.15, 0.2) is 36.7 Å². The van der Waals surface area contributed by atoms with Crippen molar-refractivity contribution < 1.29 is 14.3 Å². The van der Waals surface area contributed by atoms with Crippen molar-refractivity contribution in [3.05, 3.63) is 48.2 Å². The Hall–Kier alpha value is -3.42. The molecule has 1 atom stereocenters. The van der Waals surface area contributed by atoms with Gasteiger partial charge in [-0.15, -0.1) is 0 Å². The van der Waals surface area contributed by atoms with Crippen molar-refractivity contribution >= 4 is 22.5 Å². The number of carbonyl (C=O) groups excluding carboxylic acids is 1. The van der Waals surface area contributed by atoms with Gasteiger partial charge in [0.2, 0.25) is 5.91 Å². The van der Waals surface area contributed by atoms with Gasteiger partial charge in [-0.1, -0.05) is 0 Å². The van der Waals surface area contributed by atoms with Gasteiger partial charge in [0, 0.05) is 36.1 Å². The Kier molecular flexibility index (Phi) is 6.68. The number of ether oxygens (including phenoxy) is 2. The van der Waals surface area contributed by atoms with E-state index in [0.717, 1.165) is 41.7 Å². The van der Waals surface area contributed by atoms with Gasteiger partial charge in [0.25, 0.3) is 0 Å². The van der Waals surface area contributed by atoms with Crippen LogP contribution in [0.25, 0.3) is 10.9 Å². The lowest BCUT2D eigenvalue weighted by atomic mass is 10.0. The third-order valence-electron chi connectivity index (χ3n) is 5.45. The van der Waals surface area contributed by atoms with E-state index in [2.05, 4.69) is 20.3 Å². The molecule has 4 rings (SSSR count). The number of fused-ring (bicyclic) bond motifs is 1. The molecule has 0 bridgehead atoms. The van der Waals surface area contributed by atoms with Crippen LogP contribution in [0, 0.1) is 6.92 Å². The van der Waals surface area contributed by atoms with Crippen molar-refractivity contribution in [2.45, 2.75) is 46.2 Å². The number of hydrogen-bond donors (Lipinski definition) is 1. The highest BCUT2D eigenvalue weighted by atomic mass is 16.5. The number of likely N-dealkylation sites (tertiary alicyclic amines) is 1. The van der Waals surface area contributed by atoms with Crippen molar-refractivity contribution in [1.29, 1.82) is 0 Å². The second-order valence-electron chi connectivity index (χ2n) is 7.73. The van der Waals surface area contributed by atoms with Gasteiger partial charge in [-0.05, 0) is 51.8 Å². The van der Waals surface area contributed by atoms with Crippen LogP contribution in [0.5, 0.6) is 11.5 Å². The fourth-order valence-corrected chi connectivity index (χ4v) is 4.02. The molecular weight excluding hydrogens is 406 g/mol. The highest BCUT2D eigenvalue weighted by Gasteiger charge is 2.29. The summed E-state index contributed by atoms with van der Waals surface area (Å²) in [4.78, 5) is 28.2. The van der Waals surface area contributed by atoms with Gasteiger partial charge < -0.3 is 19.7 Å². The molecule has 168 valence electrons. The van der Waals surface area contributed by atoms with E-state index < -0.39 is 0 Å². The van der Waals surface area contributed by atoms with E-state index in [0.29, 0.717) is 37.1 Å². The first-order valence-corrected chi connectivity index (χ1v) is 11.1. The molecule has 2 aromatic heterocycles. The van der Waals surface area contributed by atoms with Crippen LogP contribution in [0.4, 0.5) is 5.69 Å². The predicted molar refractivity (Wildman–Crippen MR) is 123 cm³/mol. The van der Waals surface area contributed by atoms with Crippen molar-refractivity contribution in [3.8, 4) is 11.5 Å². The van der Waals surface area contributed by atoms with E-state index in [1.165, 1.54) is 0 Å². The molecular formula is C24H29N5O3. The van der Waals surface area contributed by atoms with E-state index in [1.807, 2.05) is 49.9 Å². The molecule has 1 N–H and O–H groups in total. The second-order valence-corrected chi connectivity index (χ2v) is 7.73. The summed E-state index contributed by atoms with van der Waals surface area (Å²) < 4.78 is 11.5. The van der Waals surface area contributed by atoms with Crippen molar-refractivity contribution in [2.24, 2.45) is 0 Å². The summed E-state index contributed by atoms with van der Waals surface area (Å²) in [6, 6.07) is 7.28. The van der Waals surface area contributed by atoms with Gasteiger partial charge in [-0.3, -0.25) is 9.78 Å². The van der Waals surface area contributed by atoms with Crippen LogP contribution in [-0.2, 0) is 11.3 Å². The van der Waals surface area contributed by atoms with Crippen LogP contribution in [0.3, 0.4) is 0 Å². The number of nitrogens with zero attached hydrogens (tertiary/aromatic N) is 4. The van der Waals surface area contributed by atoms with Gasteiger partial charge in [-0.2, -0.15) is 0 Å². The maximum atomic E-state index is 13.2. The van der Waals surface area contributed by atoms with Gasteiger partial charge in [0.1, 0.15) is 11.9 Å². The largest absolute Gasteiger partial charge is 0.490 e. The molecule has 0 spiro atoms. The van der Waals surface area contributed by atoms with Crippen molar-refractivity contribution in [1.82, 2.24) is 19.9 Å². The molecule has 0 radical (unpaired) electrons. The highest BCUT2D eigenvalue weighted by molar-refractivity contribution is 5.95. The number of aromatic nitrogens is 3. The summed E-state index contributed by atoms with van der Waals surface area (Å²) >= 11 is 0. The summed E-state index contributed by atoms with van der Waals surface area (Å²) in [6.45, 7) is 8.03. The maximum absolute atomic E-state index is 13.2. The molecule has 0 aliphatic carbocycles. The second kappa shape index (κ2) is 9.80. The zero-order valence-electron chi connectivity index (χ0n) is 18.8. The third-order valence-corrected chi connectivity index (χ3v) is 5.45. The molecule has 3 aromatic rings. The monoisotopic (exact) mass is 435 g/mol. The number of hydrogen-bond acceptors (Lipinski definition) is 7. The number of aryl methyl sites for hydroxylation is 1. The summed E-state index contributed by atoms with van der Waals surface area (Å²) in [5.41, 5.74) is 2.50. The van der Waals surface area contributed by atoms with Gasteiger partial charge in [-0.25, -0.2) is 9.97 Å². The Morgan fingerprint density at radius 2 is 1.84 bits per heavy atom. The Morgan fingerprint density at radius 1 is 1.09 bits per heavy atom. The Labute approximate surface area is 188 Å². The molecule has 1 aliphatic heterocycles. The van der Waals surface area contributed by atoms with Crippen LogP contribution in [0.1, 0.15) is 38.2 Å². The maximum Gasteiger partial charge on any atom is 0.245 e. The smallest absolute Gasteiger partial charge is 0.245 e. The average molecular weight is 436 g/mol. The molecule has 1 amide bonds. The highest BCUT2D eigenvalue weighted by Crippen LogP contribution is 2.35. The normalized spacial score (nSPS) is 16.3. The minimum absolute atomic E-state index is 0.0773. The van der Waals surface area contributed by atoms with E-state index in [4.69, 9.17) is 9.47 Å². The lowest BCUT2D eigenvalue weighted by Crippen LogP contribution is -2.47. The number of nitrogens with one attached hydrogen (secondary N) is 1. The minimum atomic E-state index is -0.306. The number of carbonyl (C=O) groups is 1. The van der Waals surface area contributed by atoms with Gasteiger partial charge in [0.15, 0.2) is 11.5 Å². The van der Waals surface area contributed by atoms with E-state index in [9.17, 15) is 4.79 Å². The van der Waals surface area contributed by atoms with Crippen LogP contribution in [0.2, 0.25) is 0 Å². The SMILES string of the molecule is CCOc1cc2nccc(NC3CCCN(Cc4ccnc(C)n4)C3=O)c2cc1OCC. The number of benzene rings is 1. The Bertz CT molecular complexity index is 1100. The number of piperidine rings is 1. The van der Waals surface area contributed by atoms with Crippen molar-refractivity contribution in [2.75, 3.05) is 25.1 Å². The van der Waals surface area contributed by atoms with Gasteiger partial charge in [0.05, 0.1) is 31.0 Å². The molecule has 1 unspecified atom stereocenters. The van der Waals surface area contributed by atoms with E-state index in [-0.39, 0.29) is 11.9 Å². The lowest BCUT2D eigenvalue weighted by molar-refractivity contribution is -0.134. The zero-order chi connectivity index (χ0) is 22.5. The summed E-state index contributed by atoms with van der Waals surface area (Å²) in [6.07, 6.45) is 5.18. The Morgan fingerprint density at radius 3 is 2.59 bits per heavy atom. The topological polar surface area (TPSA) is 89.5 Å². The van der Waals surface area contributed by atoms with Gasteiger partial charge >= 0.3 is 0 Å². The molecule has 0 saturated carbocycles. The molecule has 8 nitrogen and oxygen atoms in total. The number of pyridine rings is 1. The fourth-order valence-electron chi connectivity index (χ4n) is 4.02. The molecule has 8 heteroatoms. The zero-order valence-corrected chi connectivity index (χ0v) is 18.8. The fraction of sp³-hybridized carbons (Fsp3) is 0.417. The minimum Gasteiger partial charge on any atom is -0.490 e. The van der Waals surface area contributed by atoms with Crippen molar-refractivity contribution in [3.63, 3.8) is 0 Å². The molecule has 3 heterocycles. The Balaban J connectivity index is 1.57. The quantitative estimate of drug-likeness (QED) is 0.577. The number of anilines is 1. The number of rotatable bonds is 8. The first kappa shape index (κ1) is 21.8. The first-order chi connectivity index (χ1) is 15.6. The van der Waals surface area contributed by atoms with Crippen LogP contribution in [-0.4, -0.2) is 51.6 Å². The van der Waals surface area contributed by atoms with E-state index in [1.54, 1.807) is 12.4 Å². The van der Waals surface area contributed by atoms with E-state index >= 15 is 0 Å². The molecule has 1 fully saturated rings. The average Bonchev–Trinajstić information content (AvgIpc) is 2.78. The van der Waals surface area contributed by atoms with Crippen LogP contribution >= 0.6 is 0 Å². The molecule has 32 heavy (non-hydrogen) atoms. The molecule has 1 aromatic carbocycles. The molecule has 1 saturated heterocycles. The summed E-state index contributed by atoms with van der Waals surface area (Å²) in [7, 11) is 0. The standard InChI is InChI=1S/C24H29N5O3/c1-4-31-22-13-18-19(9-11-26-21(18)14-23(22)32-5-2)28-20-7-6-12-29(24(20)30)15-17-8-10-25-16(3)27-17/h8-11,13-14,20H,4-7,12,15H2,1-3H3,(H,26,28).